The lowest BCUT2D eigenvalue weighted by molar-refractivity contribution is -0.114. The molecule has 1 rings (SSSR count). The number of halogens is 3. The van der Waals surface area contributed by atoms with Crippen molar-refractivity contribution in [2.45, 2.75) is 38.1 Å². The van der Waals surface area contributed by atoms with Crippen molar-refractivity contribution < 1.29 is 30.6 Å². The van der Waals surface area contributed by atoms with Gasteiger partial charge in [-0.25, -0.2) is 0 Å². The van der Waals surface area contributed by atoms with Crippen LogP contribution in [0.3, 0.4) is 0 Å². The van der Waals surface area contributed by atoms with Gasteiger partial charge >= 0.3 is 15.6 Å². The maximum Gasteiger partial charge on any atom is 0.534 e. The summed E-state index contributed by atoms with van der Waals surface area (Å²) in [7, 11) is -5.67. The van der Waals surface area contributed by atoms with E-state index in [1.54, 1.807) is 0 Å². The van der Waals surface area contributed by atoms with Crippen molar-refractivity contribution in [1.82, 2.24) is 0 Å². The number of hydrogen-bond donors (Lipinski definition) is 0. The first-order valence-corrected chi connectivity index (χ1v) is 6.29. The van der Waals surface area contributed by atoms with E-state index >= 15 is 0 Å². The van der Waals surface area contributed by atoms with E-state index in [9.17, 15) is 26.4 Å². The van der Waals surface area contributed by atoms with E-state index in [1.165, 1.54) is 6.92 Å². The minimum atomic E-state index is -5.67. The molecule has 0 fully saturated rings. The molecule has 0 heterocycles. The van der Waals surface area contributed by atoms with Gasteiger partial charge in [0.1, 0.15) is 5.76 Å². The van der Waals surface area contributed by atoms with Crippen LogP contribution in [-0.2, 0) is 19.1 Å². The predicted molar refractivity (Wildman–Crippen MR) is 52.2 cm³/mol. The molecular weight excluding hydrogens is 261 g/mol. The Morgan fingerprint density at radius 3 is 2.24 bits per heavy atom. The Morgan fingerprint density at radius 1 is 1.24 bits per heavy atom. The molecule has 1 aliphatic carbocycles. The van der Waals surface area contributed by atoms with Gasteiger partial charge in [0.15, 0.2) is 5.78 Å². The largest absolute Gasteiger partial charge is 0.534 e. The van der Waals surface area contributed by atoms with Crippen LogP contribution in [0.5, 0.6) is 0 Å². The second-order valence-electron chi connectivity index (χ2n) is 3.65. The second kappa shape index (κ2) is 4.67. The van der Waals surface area contributed by atoms with E-state index in [-0.39, 0.29) is 24.2 Å². The SMILES string of the molecule is CC(=O)C1=C(OS(=O)(=O)C(F)(F)F)CCCC1. The molecule has 8 heteroatoms. The Bertz CT molecular complexity index is 447. The van der Waals surface area contributed by atoms with Crippen molar-refractivity contribution in [3.05, 3.63) is 11.3 Å². The van der Waals surface area contributed by atoms with Gasteiger partial charge in [-0.1, -0.05) is 0 Å². The molecule has 0 N–H and O–H groups in total. The summed E-state index contributed by atoms with van der Waals surface area (Å²) >= 11 is 0. The van der Waals surface area contributed by atoms with Gasteiger partial charge in [0, 0.05) is 12.0 Å². The van der Waals surface area contributed by atoms with Crippen LogP contribution in [0.4, 0.5) is 13.2 Å². The topological polar surface area (TPSA) is 60.4 Å². The van der Waals surface area contributed by atoms with Crippen LogP contribution >= 0.6 is 0 Å². The lowest BCUT2D eigenvalue weighted by atomic mass is 9.95. The summed E-state index contributed by atoms with van der Waals surface area (Å²) in [6.45, 7) is 1.17. The molecule has 0 bridgehead atoms. The Hall–Kier alpha value is -1.05. The van der Waals surface area contributed by atoms with Gasteiger partial charge in [0.2, 0.25) is 0 Å². The van der Waals surface area contributed by atoms with Crippen LogP contribution < -0.4 is 0 Å². The van der Waals surface area contributed by atoms with Crippen molar-refractivity contribution in [2.24, 2.45) is 0 Å². The van der Waals surface area contributed by atoms with Crippen molar-refractivity contribution in [3.63, 3.8) is 0 Å². The molecule has 98 valence electrons. The van der Waals surface area contributed by atoms with Crippen molar-refractivity contribution >= 4 is 15.9 Å². The summed E-state index contributed by atoms with van der Waals surface area (Å²) in [6, 6.07) is 0. The number of ketones is 1. The van der Waals surface area contributed by atoms with Crippen LogP contribution in [0.2, 0.25) is 0 Å². The maximum absolute atomic E-state index is 12.1. The summed E-state index contributed by atoms with van der Waals surface area (Å²) in [4.78, 5) is 11.1. The lowest BCUT2D eigenvalue weighted by Gasteiger charge is -2.19. The fourth-order valence-corrected chi connectivity index (χ4v) is 2.06. The Balaban J connectivity index is 3.05. The molecule has 0 aromatic carbocycles. The van der Waals surface area contributed by atoms with Crippen molar-refractivity contribution in [2.75, 3.05) is 0 Å². The van der Waals surface area contributed by atoms with E-state index in [4.69, 9.17) is 0 Å². The number of carbonyl (C=O) groups excluding carboxylic acids is 1. The van der Waals surface area contributed by atoms with E-state index in [2.05, 4.69) is 4.18 Å². The molecule has 0 unspecified atom stereocenters. The molecule has 0 saturated heterocycles. The number of Topliss-reactive ketones (excluding diaryl/α,β-unsaturated/α-hetero) is 1. The molecule has 1 aliphatic rings. The van der Waals surface area contributed by atoms with E-state index < -0.39 is 21.4 Å². The number of carbonyl (C=O) groups is 1. The third-order valence-corrected chi connectivity index (χ3v) is 3.32. The summed E-state index contributed by atoms with van der Waals surface area (Å²) in [5.74, 6) is -0.835. The molecule has 0 atom stereocenters. The summed E-state index contributed by atoms with van der Waals surface area (Å²) < 4.78 is 61.9. The van der Waals surface area contributed by atoms with E-state index in [0.29, 0.717) is 12.8 Å². The van der Waals surface area contributed by atoms with Gasteiger partial charge in [-0.2, -0.15) is 21.6 Å². The molecule has 0 radical (unpaired) electrons. The highest BCUT2D eigenvalue weighted by molar-refractivity contribution is 7.87. The van der Waals surface area contributed by atoms with Crippen LogP contribution in [0.1, 0.15) is 32.6 Å². The first-order chi connectivity index (χ1) is 7.65. The highest BCUT2D eigenvalue weighted by atomic mass is 32.2. The third-order valence-electron chi connectivity index (χ3n) is 2.34. The third kappa shape index (κ3) is 3.21. The normalized spacial score (nSPS) is 18.1. The fraction of sp³-hybridized carbons (Fsp3) is 0.667. The number of allylic oxidation sites excluding steroid dienone is 2. The van der Waals surface area contributed by atoms with Crippen molar-refractivity contribution in [3.8, 4) is 0 Å². The highest BCUT2D eigenvalue weighted by Crippen LogP contribution is 2.32. The average molecular weight is 272 g/mol. The van der Waals surface area contributed by atoms with Crippen LogP contribution in [0, 0.1) is 0 Å². The Morgan fingerprint density at radius 2 is 1.76 bits per heavy atom. The first kappa shape index (κ1) is 14.0. The first-order valence-electron chi connectivity index (χ1n) is 4.89. The van der Waals surface area contributed by atoms with Gasteiger partial charge in [0.05, 0.1) is 0 Å². The van der Waals surface area contributed by atoms with Crippen molar-refractivity contribution in [1.29, 1.82) is 0 Å². The predicted octanol–water partition coefficient (Wildman–Crippen LogP) is 2.27. The quantitative estimate of drug-likeness (QED) is 0.584. The minimum Gasteiger partial charge on any atom is -0.380 e. The smallest absolute Gasteiger partial charge is 0.380 e. The Labute approximate surface area is 96.6 Å². The average Bonchev–Trinajstić information content (AvgIpc) is 2.15. The molecule has 17 heavy (non-hydrogen) atoms. The standard InChI is InChI=1S/C9H11F3O4S/c1-6(13)7-4-2-3-5-8(7)16-17(14,15)9(10,11)12/h2-5H2,1H3. The van der Waals surface area contributed by atoms with Gasteiger partial charge in [-0.05, 0) is 26.2 Å². The number of rotatable bonds is 3. The summed E-state index contributed by atoms with van der Waals surface area (Å²) in [6.07, 6.45) is 1.41. The Kier molecular flexibility index (Phi) is 3.85. The van der Waals surface area contributed by atoms with Crippen LogP contribution in [0.25, 0.3) is 0 Å². The van der Waals surface area contributed by atoms with Gasteiger partial charge in [0.25, 0.3) is 0 Å². The molecule has 0 aliphatic heterocycles. The molecule has 4 nitrogen and oxygen atoms in total. The van der Waals surface area contributed by atoms with Gasteiger partial charge in [-0.3, -0.25) is 4.79 Å². The molecular formula is C9H11F3O4S. The van der Waals surface area contributed by atoms with Gasteiger partial charge < -0.3 is 4.18 Å². The summed E-state index contributed by atoms with van der Waals surface area (Å²) in [5.41, 5.74) is -5.44. The maximum atomic E-state index is 12.1. The molecule has 0 spiro atoms. The van der Waals surface area contributed by atoms with Gasteiger partial charge in [-0.15, -0.1) is 0 Å². The fourth-order valence-electron chi connectivity index (χ4n) is 1.52. The molecule has 0 saturated carbocycles. The van der Waals surface area contributed by atoms with Crippen LogP contribution in [-0.4, -0.2) is 19.7 Å². The number of alkyl halides is 3. The molecule has 0 aromatic rings. The molecule has 0 aromatic heterocycles. The highest BCUT2D eigenvalue weighted by Gasteiger charge is 2.49. The summed E-state index contributed by atoms with van der Waals surface area (Å²) in [5, 5.41) is 0. The zero-order chi connectivity index (χ0) is 13.3. The molecule has 0 amide bonds. The zero-order valence-electron chi connectivity index (χ0n) is 9.00. The van der Waals surface area contributed by atoms with E-state index in [0.717, 1.165) is 0 Å². The van der Waals surface area contributed by atoms with E-state index in [1.807, 2.05) is 0 Å². The number of hydrogen-bond acceptors (Lipinski definition) is 4. The monoisotopic (exact) mass is 272 g/mol. The van der Waals surface area contributed by atoms with Crippen LogP contribution in [0.15, 0.2) is 11.3 Å². The second-order valence-corrected chi connectivity index (χ2v) is 5.19. The lowest BCUT2D eigenvalue weighted by Crippen LogP contribution is -2.26. The minimum absolute atomic E-state index is 0.0316. The zero-order valence-corrected chi connectivity index (χ0v) is 9.82.